The molecule has 2 amide bonds. The number of carbonyl (C=O) groups excluding carboxylic acids is 2. The molecule has 7 nitrogen and oxygen atoms in total. The van der Waals surface area contributed by atoms with Gasteiger partial charge in [-0.05, 0) is 62.2 Å². The molecule has 1 heterocycles. The fourth-order valence-electron chi connectivity index (χ4n) is 3.13. The fraction of sp³-hybridized carbons (Fsp3) is 0.292. The van der Waals surface area contributed by atoms with Crippen LogP contribution in [0.15, 0.2) is 36.4 Å². The number of amides is 2. The Hall–Kier alpha value is -3.39. The zero-order chi connectivity index (χ0) is 23.3. The Labute approximate surface area is 191 Å². The number of benzene rings is 2. The van der Waals surface area contributed by atoms with Crippen molar-refractivity contribution in [2.45, 2.75) is 27.2 Å². The molecule has 168 valence electrons. The SMILES string of the molecule is COc1ccc(-c2nc(C)c(CCNC(=O)C(=O)Nc3ccc(C)c(C)c3)s2)cc1OC. The number of nitrogens with one attached hydrogen (secondary N) is 2. The normalized spacial score (nSPS) is 10.5. The van der Waals surface area contributed by atoms with Crippen LogP contribution in [0, 0.1) is 20.8 Å². The zero-order valence-corrected chi connectivity index (χ0v) is 19.7. The van der Waals surface area contributed by atoms with Crippen molar-refractivity contribution < 1.29 is 19.1 Å². The van der Waals surface area contributed by atoms with Crippen LogP contribution < -0.4 is 20.1 Å². The number of thiazole rings is 1. The van der Waals surface area contributed by atoms with E-state index in [0.717, 1.165) is 32.3 Å². The number of methoxy groups -OCH3 is 2. The van der Waals surface area contributed by atoms with Crippen LogP contribution in [0.2, 0.25) is 0 Å². The maximum absolute atomic E-state index is 12.2. The lowest BCUT2D eigenvalue weighted by Gasteiger charge is -2.08. The highest BCUT2D eigenvalue weighted by Gasteiger charge is 2.15. The van der Waals surface area contributed by atoms with Gasteiger partial charge in [-0.3, -0.25) is 9.59 Å². The number of aromatic nitrogens is 1. The van der Waals surface area contributed by atoms with Crippen molar-refractivity contribution in [2.24, 2.45) is 0 Å². The fourth-order valence-corrected chi connectivity index (χ4v) is 4.19. The smallest absolute Gasteiger partial charge is 0.313 e. The highest BCUT2D eigenvalue weighted by atomic mass is 32.1. The molecule has 3 aromatic rings. The lowest BCUT2D eigenvalue weighted by molar-refractivity contribution is -0.136. The minimum atomic E-state index is -0.680. The average molecular weight is 454 g/mol. The van der Waals surface area contributed by atoms with Gasteiger partial charge in [0.1, 0.15) is 5.01 Å². The van der Waals surface area contributed by atoms with Gasteiger partial charge < -0.3 is 20.1 Å². The summed E-state index contributed by atoms with van der Waals surface area (Å²) in [4.78, 5) is 30.0. The number of rotatable bonds is 7. The molecule has 0 bridgehead atoms. The molecule has 0 unspecified atom stereocenters. The predicted molar refractivity (Wildman–Crippen MR) is 127 cm³/mol. The molecule has 0 radical (unpaired) electrons. The highest BCUT2D eigenvalue weighted by molar-refractivity contribution is 7.15. The van der Waals surface area contributed by atoms with Crippen LogP contribution >= 0.6 is 11.3 Å². The Bertz CT molecular complexity index is 1140. The highest BCUT2D eigenvalue weighted by Crippen LogP contribution is 2.35. The van der Waals surface area contributed by atoms with Crippen molar-refractivity contribution in [3.8, 4) is 22.1 Å². The first-order valence-electron chi connectivity index (χ1n) is 10.2. The number of nitrogens with zero attached hydrogens (tertiary/aromatic N) is 1. The molecule has 0 fully saturated rings. The van der Waals surface area contributed by atoms with Crippen LogP contribution in [0.3, 0.4) is 0 Å². The van der Waals surface area contributed by atoms with Crippen LogP contribution in [-0.2, 0) is 16.0 Å². The van der Waals surface area contributed by atoms with Gasteiger partial charge in [0.05, 0.1) is 19.9 Å². The number of carbonyl (C=O) groups is 2. The Morgan fingerprint density at radius 2 is 1.69 bits per heavy atom. The molecule has 32 heavy (non-hydrogen) atoms. The van der Waals surface area contributed by atoms with E-state index in [2.05, 4.69) is 15.6 Å². The maximum atomic E-state index is 12.2. The van der Waals surface area contributed by atoms with Crippen molar-refractivity contribution in [3.63, 3.8) is 0 Å². The first kappa shape index (κ1) is 23.3. The van der Waals surface area contributed by atoms with Crippen molar-refractivity contribution in [1.82, 2.24) is 10.3 Å². The number of hydrogen-bond donors (Lipinski definition) is 2. The topological polar surface area (TPSA) is 89.5 Å². The molecule has 0 aliphatic heterocycles. The van der Waals surface area contributed by atoms with Gasteiger partial charge in [0.25, 0.3) is 0 Å². The van der Waals surface area contributed by atoms with Crippen molar-refractivity contribution in [1.29, 1.82) is 0 Å². The molecule has 0 saturated heterocycles. The molecule has 2 N–H and O–H groups in total. The van der Waals surface area contributed by atoms with Gasteiger partial charge in [0.2, 0.25) is 0 Å². The monoisotopic (exact) mass is 453 g/mol. The molecule has 1 aromatic heterocycles. The third-order valence-corrected chi connectivity index (χ3v) is 6.40. The number of aryl methyl sites for hydroxylation is 3. The summed E-state index contributed by atoms with van der Waals surface area (Å²) >= 11 is 1.55. The van der Waals surface area contributed by atoms with E-state index in [1.54, 1.807) is 31.6 Å². The summed E-state index contributed by atoms with van der Waals surface area (Å²) in [6, 6.07) is 11.2. The summed E-state index contributed by atoms with van der Waals surface area (Å²) in [6.45, 7) is 6.22. The summed E-state index contributed by atoms with van der Waals surface area (Å²) in [7, 11) is 3.19. The molecule has 2 aromatic carbocycles. The van der Waals surface area contributed by atoms with Gasteiger partial charge in [-0.15, -0.1) is 11.3 Å². The van der Waals surface area contributed by atoms with Gasteiger partial charge in [0, 0.05) is 29.1 Å². The van der Waals surface area contributed by atoms with E-state index in [9.17, 15) is 9.59 Å². The first-order chi connectivity index (χ1) is 15.3. The summed E-state index contributed by atoms with van der Waals surface area (Å²) in [5, 5.41) is 6.17. The number of ether oxygens (including phenoxy) is 2. The average Bonchev–Trinajstić information content (AvgIpc) is 3.16. The van der Waals surface area contributed by atoms with Crippen molar-refractivity contribution in [3.05, 3.63) is 58.1 Å². The van der Waals surface area contributed by atoms with E-state index in [0.29, 0.717) is 30.2 Å². The number of anilines is 1. The standard InChI is InChI=1S/C24H27N3O4S/c1-14-6-8-18(12-15(14)2)27-23(29)22(28)25-11-10-21-16(3)26-24(32-21)17-7-9-19(30-4)20(13-17)31-5/h6-9,12-13H,10-11H2,1-5H3,(H,25,28)(H,27,29). The van der Waals surface area contributed by atoms with Gasteiger partial charge >= 0.3 is 11.8 Å². The van der Waals surface area contributed by atoms with Gasteiger partial charge in [-0.2, -0.15) is 0 Å². The lowest BCUT2D eigenvalue weighted by Crippen LogP contribution is -2.36. The third kappa shape index (κ3) is 5.45. The van der Waals surface area contributed by atoms with E-state index < -0.39 is 11.8 Å². The minimum absolute atomic E-state index is 0.341. The summed E-state index contributed by atoms with van der Waals surface area (Å²) in [5.41, 5.74) is 4.60. The largest absolute Gasteiger partial charge is 0.493 e. The van der Waals surface area contributed by atoms with Crippen LogP contribution in [0.5, 0.6) is 11.5 Å². The molecular weight excluding hydrogens is 426 g/mol. The Kier molecular flexibility index (Phi) is 7.48. The second kappa shape index (κ2) is 10.3. The number of hydrogen-bond acceptors (Lipinski definition) is 6. The Balaban J connectivity index is 1.58. The van der Waals surface area contributed by atoms with Crippen LogP contribution in [-0.4, -0.2) is 37.6 Å². The molecule has 0 atom stereocenters. The van der Waals surface area contributed by atoms with Crippen LogP contribution in [0.25, 0.3) is 10.6 Å². The van der Waals surface area contributed by atoms with E-state index in [1.807, 2.05) is 51.1 Å². The molecule has 0 aliphatic carbocycles. The van der Waals surface area contributed by atoms with Crippen molar-refractivity contribution >= 4 is 28.8 Å². The maximum Gasteiger partial charge on any atom is 0.313 e. The van der Waals surface area contributed by atoms with Gasteiger partial charge in [0.15, 0.2) is 11.5 Å². The van der Waals surface area contributed by atoms with Gasteiger partial charge in [-0.25, -0.2) is 4.98 Å². The quantitative estimate of drug-likeness (QED) is 0.527. The Morgan fingerprint density at radius 3 is 2.38 bits per heavy atom. The first-order valence-corrected chi connectivity index (χ1v) is 11.0. The second-order valence-electron chi connectivity index (χ2n) is 7.36. The molecule has 0 saturated carbocycles. The molecule has 8 heteroatoms. The van der Waals surface area contributed by atoms with E-state index in [-0.39, 0.29) is 0 Å². The molecule has 0 spiro atoms. The second-order valence-corrected chi connectivity index (χ2v) is 8.44. The van der Waals surface area contributed by atoms with Gasteiger partial charge in [-0.1, -0.05) is 6.07 Å². The van der Waals surface area contributed by atoms with E-state index in [4.69, 9.17) is 9.47 Å². The Morgan fingerprint density at radius 1 is 0.938 bits per heavy atom. The molecule has 3 rings (SSSR count). The third-order valence-electron chi connectivity index (χ3n) is 5.13. The summed E-state index contributed by atoms with van der Waals surface area (Å²) < 4.78 is 10.7. The molecular formula is C24H27N3O4S. The minimum Gasteiger partial charge on any atom is -0.493 e. The van der Waals surface area contributed by atoms with E-state index in [1.165, 1.54) is 0 Å². The summed E-state index contributed by atoms with van der Waals surface area (Å²) in [6.07, 6.45) is 0.583. The van der Waals surface area contributed by atoms with Crippen LogP contribution in [0.4, 0.5) is 5.69 Å². The summed E-state index contributed by atoms with van der Waals surface area (Å²) in [5.74, 6) is -0.0428. The molecule has 0 aliphatic rings. The van der Waals surface area contributed by atoms with E-state index >= 15 is 0 Å². The zero-order valence-electron chi connectivity index (χ0n) is 18.9. The lowest BCUT2D eigenvalue weighted by atomic mass is 10.1. The van der Waals surface area contributed by atoms with Crippen LogP contribution in [0.1, 0.15) is 21.7 Å². The predicted octanol–water partition coefficient (Wildman–Crippen LogP) is 4.05. The van der Waals surface area contributed by atoms with Crippen molar-refractivity contribution in [2.75, 3.05) is 26.1 Å².